The quantitative estimate of drug-likeness (QED) is 0.860. The zero-order valence-electron chi connectivity index (χ0n) is 13.8. The van der Waals surface area contributed by atoms with Gasteiger partial charge in [-0.15, -0.1) is 0 Å². The number of aromatic amines is 1. The molecule has 6 heteroatoms. The van der Waals surface area contributed by atoms with Crippen LogP contribution in [0.15, 0.2) is 42.6 Å². The van der Waals surface area contributed by atoms with Crippen molar-refractivity contribution in [3.8, 4) is 0 Å². The Morgan fingerprint density at radius 2 is 2.08 bits per heavy atom. The van der Waals surface area contributed by atoms with E-state index >= 15 is 0 Å². The molecular formula is C18H23ClN4O+2. The number of aromatic nitrogens is 1. The number of quaternary nitrogens is 1. The number of nitrogens with one attached hydrogen (secondary N) is 3. The predicted octanol–water partition coefficient (Wildman–Crippen LogP) is 0.806. The van der Waals surface area contributed by atoms with Crippen molar-refractivity contribution in [2.75, 3.05) is 42.9 Å². The highest BCUT2D eigenvalue weighted by Gasteiger charge is 2.27. The van der Waals surface area contributed by atoms with Gasteiger partial charge in [0, 0.05) is 16.8 Å². The van der Waals surface area contributed by atoms with Crippen molar-refractivity contribution in [3.63, 3.8) is 0 Å². The molecule has 24 heavy (non-hydrogen) atoms. The van der Waals surface area contributed by atoms with Crippen molar-refractivity contribution in [2.45, 2.75) is 6.92 Å². The molecule has 1 saturated heterocycles. The summed E-state index contributed by atoms with van der Waals surface area (Å²) in [6.45, 7) is 6.22. The first-order chi connectivity index (χ1) is 11.6. The molecule has 1 amide bonds. The lowest BCUT2D eigenvalue weighted by Gasteiger charge is -2.27. The zero-order valence-corrected chi connectivity index (χ0v) is 14.6. The first-order valence-electron chi connectivity index (χ1n) is 8.23. The standard InChI is InChI=1S/C18H21ClN4O/c1-14-5-6-15(12-16(14)19)21-18(24)13-22-8-10-23(11-9-22)17-4-2-3-7-20-17/h2-7,12H,8-11,13H2,1H3,(H,21,24)/p+2. The number of benzene rings is 1. The van der Waals surface area contributed by atoms with Gasteiger partial charge in [-0.1, -0.05) is 23.7 Å². The Kier molecular flexibility index (Phi) is 5.33. The molecule has 0 radical (unpaired) electrons. The van der Waals surface area contributed by atoms with E-state index in [1.54, 1.807) is 6.07 Å². The van der Waals surface area contributed by atoms with E-state index in [0.717, 1.165) is 43.2 Å². The molecule has 0 saturated carbocycles. The SMILES string of the molecule is Cc1ccc(NC(=O)C[NH+]2CCN(c3cccc[nH+]3)CC2)cc1Cl. The molecule has 5 nitrogen and oxygen atoms in total. The van der Waals surface area contributed by atoms with E-state index in [1.165, 1.54) is 4.90 Å². The maximum absolute atomic E-state index is 12.2. The number of pyridine rings is 1. The third-order valence-corrected chi connectivity index (χ3v) is 4.78. The van der Waals surface area contributed by atoms with Gasteiger partial charge in [-0.3, -0.25) is 9.69 Å². The Labute approximate surface area is 147 Å². The van der Waals surface area contributed by atoms with Gasteiger partial charge in [0.1, 0.15) is 26.2 Å². The number of anilines is 2. The van der Waals surface area contributed by atoms with Crippen molar-refractivity contribution in [3.05, 3.63) is 53.2 Å². The fourth-order valence-corrected chi connectivity index (χ4v) is 3.10. The van der Waals surface area contributed by atoms with Crippen molar-refractivity contribution in [2.24, 2.45) is 0 Å². The Balaban J connectivity index is 1.49. The molecule has 1 fully saturated rings. The van der Waals surface area contributed by atoms with Crippen molar-refractivity contribution in [1.82, 2.24) is 0 Å². The second-order valence-corrected chi connectivity index (χ2v) is 6.58. The zero-order chi connectivity index (χ0) is 16.9. The summed E-state index contributed by atoms with van der Waals surface area (Å²) >= 11 is 6.10. The lowest BCUT2D eigenvalue weighted by atomic mass is 10.2. The second-order valence-electron chi connectivity index (χ2n) is 6.17. The number of aryl methyl sites for hydroxylation is 1. The number of nitrogens with zero attached hydrogens (tertiary/aromatic N) is 1. The van der Waals surface area contributed by atoms with Gasteiger partial charge in [0.2, 0.25) is 0 Å². The Morgan fingerprint density at radius 3 is 2.75 bits per heavy atom. The maximum atomic E-state index is 12.2. The van der Waals surface area contributed by atoms with Gasteiger partial charge in [0.15, 0.2) is 6.54 Å². The van der Waals surface area contributed by atoms with Gasteiger partial charge in [-0.05, 0) is 30.7 Å². The minimum atomic E-state index is 0.0321. The fraction of sp³-hybridized carbons (Fsp3) is 0.333. The number of hydrogen-bond donors (Lipinski definition) is 2. The largest absolute Gasteiger partial charge is 0.321 e. The van der Waals surface area contributed by atoms with Crippen LogP contribution < -0.4 is 20.1 Å². The maximum Gasteiger partial charge on any atom is 0.279 e. The van der Waals surface area contributed by atoms with Crippen LogP contribution in [0.4, 0.5) is 11.5 Å². The molecule has 0 unspecified atom stereocenters. The molecule has 1 aliphatic rings. The molecule has 3 N–H and O–H groups in total. The summed E-state index contributed by atoms with van der Waals surface area (Å²) < 4.78 is 0. The van der Waals surface area contributed by atoms with E-state index in [9.17, 15) is 4.79 Å². The van der Waals surface area contributed by atoms with Crippen LogP contribution in [0, 0.1) is 6.92 Å². The molecule has 2 aromatic rings. The second kappa shape index (κ2) is 7.64. The molecule has 0 atom stereocenters. The summed E-state index contributed by atoms with van der Waals surface area (Å²) in [5.74, 6) is 1.17. The van der Waals surface area contributed by atoms with Gasteiger partial charge in [0.05, 0.1) is 6.20 Å². The van der Waals surface area contributed by atoms with Crippen molar-refractivity contribution in [1.29, 1.82) is 0 Å². The van der Waals surface area contributed by atoms with Gasteiger partial charge in [-0.25, -0.2) is 4.98 Å². The number of rotatable bonds is 4. The van der Waals surface area contributed by atoms with Crippen LogP contribution in [0.2, 0.25) is 5.02 Å². The number of amides is 1. The molecule has 0 bridgehead atoms. The molecule has 1 aliphatic heterocycles. The Bertz CT molecular complexity index is 699. The van der Waals surface area contributed by atoms with Crippen molar-refractivity contribution >= 4 is 29.0 Å². The van der Waals surface area contributed by atoms with Gasteiger partial charge < -0.3 is 10.2 Å². The first kappa shape index (κ1) is 16.7. The molecule has 1 aromatic heterocycles. The van der Waals surface area contributed by atoms with Crippen LogP contribution in [0.1, 0.15) is 5.56 Å². The van der Waals surface area contributed by atoms with E-state index in [1.807, 2.05) is 37.4 Å². The van der Waals surface area contributed by atoms with Gasteiger partial charge in [0.25, 0.3) is 11.7 Å². The monoisotopic (exact) mass is 346 g/mol. The fourth-order valence-electron chi connectivity index (χ4n) is 2.92. The summed E-state index contributed by atoms with van der Waals surface area (Å²) in [4.78, 5) is 19.1. The summed E-state index contributed by atoms with van der Waals surface area (Å²) in [5, 5.41) is 3.61. The predicted molar refractivity (Wildman–Crippen MR) is 95.6 cm³/mol. The third-order valence-electron chi connectivity index (χ3n) is 4.37. The summed E-state index contributed by atoms with van der Waals surface area (Å²) in [5.41, 5.74) is 1.77. The van der Waals surface area contributed by atoms with Crippen LogP contribution in [-0.4, -0.2) is 38.6 Å². The molecule has 126 valence electrons. The van der Waals surface area contributed by atoms with Crippen LogP contribution in [0.5, 0.6) is 0 Å². The number of carbonyl (C=O) groups is 1. The molecule has 2 heterocycles. The van der Waals surface area contributed by atoms with E-state index in [2.05, 4.69) is 21.3 Å². The Morgan fingerprint density at radius 1 is 1.29 bits per heavy atom. The normalized spacial score (nSPS) is 15.3. The lowest BCUT2D eigenvalue weighted by molar-refractivity contribution is -0.892. The van der Waals surface area contributed by atoms with E-state index < -0.39 is 0 Å². The number of halogens is 1. The lowest BCUT2D eigenvalue weighted by Crippen LogP contribution is -3.15. The summed E-state index contributed by atoms with van der Waals surface area (Å²) in [6.07, 6.45) is 1.94. The number of piperazine rings is 1. The smallest absolute Gasteiger partial charge is 0.279 e. The van der Waals surface area contributed by atoms with Crippen LogP contribution >= 0.6 is 11.6 Å². The van der Waals surface area contributed by atoms with E-state index in [0.29, 0.717) is 11.6 Å². The summed E-state index contributed by atoms with van der Waals surface area (Å²) in [6, 6.07) is 11.7. The number of H-pyrrole nitrogens is 1. The highest BCUT2D eigenvalue weighted by atomic mass is 35.5. The third kappa shape index (κ3) is 4.24. The number of carbonyl (C=O) groups excluding carboxylic acids is 1. The molecule has 1 aromatic carbocycles. The average molecular weight is 347 g/mol. The highest BCUT2D eigenvalue weighted by Crippen LogP contribution is 2.19. The van der Waals surface area contributed by atoms with E-state index in [-0.39, 0.29) is 5.91 Å². The topological polar surface area (TPSA) is 50.9 Å². The molecule has 0 aliphatic carbocycles. The summed E-state index contributed by atoms with van der Waals surface area (Å²) in [7, 11) is 0. The van der Waals surface area contributed by atoms with Crippen LogP contribution in [0.25, 0.3) is 0 Å². The number of hydrogen-bond acceptors (Lipinski definition) is 2. The van der Waals surface area contributed by atoms with Crippen LogP contribution in [0.3, 0.4) is 0 Å². The average Bonchev–Trinajstić information content (AvgIpc) is 2.59. The molecular weight excluding hydrogens is 324 g/mol. The van der Waals surface area contributed by atoms with Crippen molar-refractivity contribution < 1.29 is 14.7 Å². The molecule has 3 rings (SSSR count). The Hall–Kier alpha value is -2.11. The van der Waals surface area contributed by atoms with E-state index in [4.69, 9.17) is 11.6 Å². The van der Waals surface area contributed by atoms with Gasteiger partial charge in [-0.2, -0.15) is 0 Å². The highest BCUT2D eigenvalue weighted by molar-refractivity contribution is 6.31. The van der Waals surface area contributed by atoms with Gasteiger partial charge >= 0.3 is 0 Å². The minimum absolute atomic E-state index is 0.0321. The molecule has 0 spiro atoms. The van der Waals surface area contributed by atoms with Crippen LogP contribution in [-0.2, 0) is 4.79 Å². The minimum Gasteiger partial charge on any atom is -0.321 e. The first-order valence-corrected chi connectivity index (χ1v) is 8.61.